The van der Waals surface area contributed by atoms with Gasteiger partial charge in [-0.25, -0.2) is 13.2 Å². The molecule has 0 bridgehead atoms. The van der Waals surface area contributed by atoms with Crippen LogP contribution in [0.5, 0.6) is 0 Å². The number of nitrogens with one attached hydrogen (secondary N) is 1. The molecule has 156 valence electrons. The number of halogens is 1. The molecule has 1 fully saturated rings. The Balaban J connectivity index is 1.46. The standard InChI is InChI=1S/C21H26ClN3O3S/c1-17(18-5-3-2-4-6-18)11-12-23-21(26)24-13-15-25(16-14-24)29(27,28)20-9-7-19(22)8-10-20/h2-10,17H,11-16H2,1H3,(H,23,26). The van der Waals surface area contributed by atoms with E-state index in [-0.39, 0.29) is 24.0 Å². The fourth-order valence-electron chi connectivity index (χ4n) is 3.34. The van der Waals surface area contributed by atoms with Crippen molar-refractivity contribution in [2.24, 2.45) is 0 Å². The Morgan fingerprint density at radius 1 is 1.03 bits per heavy atom. The summed E-state index contributed by atoms with van der Waals surface area (Å²) in [7, 11) is -3.57. The number of sulfonamides is 1. The molecule has 3 rings (SSSR count). The van der Waals surface area contributed by atoms with Crippen LogP contribution in [0.25, 0.3) is 0 Å². The molecule has 1 atom stereocenters. The summed E-state index contributed by atoms with van der Waals surface area (Å²) in [6, 6.07) is 16.2. The van der Waals surface area contributed by atoms with Crippen molar-refractivity contribution in [2.45, 2.75) is 24.2 Å². The van der Waals surface area contributed by atoms with Crippen LogP contribution in [0.1, 0.15) is 24.8 Å². The minimum absolute atomic E-state index is 0.145. The summed E-state index contributed by atoms with van der Waals surface area (Å²) in [5.74, 6) is 0.359. The minimum Gasteiger partial charge on any atom is -0.338 e. The molecule has 2 aromatic rings. The van der Waals surface area contributed by atoms with Crippen molar-refractivity contribution in [3.05, 3.63) is 65.2 Å². The maximum atomic E-state index is 12.7. The van der Waals surface area contributed by atoms with E-state index >= 15 is 0 Å². The summed E-state index contributed by atoms with van der Waals surface area (Å²) < 4.78 is 26.9. The van der Waals surface area contributed by atoms with Gasteiger partial charge < -0.3 is 10.2 Å². The maximum Gasteiger partial charge on any atom is 0.317 e. The van der Waals surface area contributed by atoms with E-state index in [1.165, 1.54) is 22.0 Å². The number of hydrogen-bond donors (Lipinski definition) is 1. The van der Waals surface area contributed by atoms with Crippen LogP contribution in [0, 0.1) is 0 Å². The van der Waals surface area contributed by atoms with E-state index < -0.39 is 10.0 Å². The van der Waals surface area contributed by atoms with Crippen molar-refractivity contribution in [3.8, 4) is 0 Å². The first-order valence-electron chi connectivity index (χ1n) is 9.71. The number of nitrogens with zero attached hydrogens (tertiary/aromatic N) is 2. The number of carbonyl (C=O) groups is 1. The summed E-state index contributed by atoms with van der Waals surface area (Å²) >= 11 is 5.84. The third kappa shape index (κ3) is 5.50. The first kappa shape index (κ1) is 21.6. The van der Waals surface area contributed by atoms with E-state index in [1.54, 1.807) is 17.0 Å². The third-order valence-electron chi connectivity index (χ3n) is 5.20. The van der Waals surface area contributed by atoms with E-state index in [1.807, 2.05) is 18.2 Å². The molecule has 1 saturated heterocycles. The molecule has 1 aliphatic heterocycles. The summed E-state index contributed by atoms with van der Waals surface area (Å²) in [5.41, 5.74) is 1.25. The van der Waals surface area contributed by atoms with Crippen LogP contribution in [0.2, 0.25) is 5.02 Å². The fraction of sp³-hybridized carbons (Fsp3) is 0.381. The van der Waals surface area contributed by atoms with Crippen molar-refractivity contribution < 1.29 is 13.2 Å². The van der Waals surface area contributed by atoms with E-state index in [4.69, 9.17) is 11.6 Å². The van der Waals surface area contributed by atoms with Crippen molar-refractivity contribution in [2.75, 3.05) is 32.7 Å². The van der Waals surface area contributed by atoms with Gasteiger partial charge in [-0.2, -0.15) is 4.31 Å². The molecule has 0 aliphatic carbocycles. The Morgan fingerprint density at radius 3 is 2.28 bits per heavy atom. The average molecular weight is 436 g/mol. The molecule has 0 radical (unpaired) electrons. The lowest BCUT2D eigenvalue weighted by atomic mass is 9.98. The number of urea groups is 1. The second-order valence-corrected chi connectivity index (χ2v) is 9.55. The highest BCUT2D eigenvalue weighted by Crippen LogP contribution is 2.20. The Kier molecular flexibility index (Phi) is 7.16. The Morgan fingerprint density at radius 2 is 1.66 bits per heavy atom. The van der Waals surface area contributed by atoms with Gasteiger partial charge in [-0.3, -0.25) is 0 Å². The molecular weight excluding hydrogens is 410 g/mol. The van der Waals surface area contributed by atoms with Gasteiger partial charge in [0.25, 0.3) is 0 Å². The van der Waals surface area contributed by atoms with Crippen molar-refractivity contribution in [1.82, 2.24) is 14.5 Å². The Bertz CT molecular complexity index is 912. The topological polar surface area (TPSA) is 69.7 Å². The molecule has 6 nitrogen and oxygen atoms in total. The van der Waals surface area contributed by atoms with Crippen LogP contribution in [-0.4, -0.2) is 56.4 Å². The molecule has 8 heteroatoms. The fourth-order valence-corrected chi connectivity index (χ4v) is 4.89. The summed E-state index contributed by atoms with van der Waals surface area (Å²) in [4.78, 5) is 14.3. The van der Waals surface area contributed by atoms with Gasteiger partial charge in [-0.05, 0) is 42.2 Å². The molecule has 0 spiro atoms. The molecular formula is C21H26ClN3O3S. The van der Waals surface area contributed by atoms with Crippen molar-refractivity contribution in [1.29, 1.82) is 0 Å². The number of amides is 2. The van der Waals surface area contributed by atoms with Crippen LogP contribution in [0.4, 0.5) is 4.79 Å². The summed E-state index contributed by atoms with van der Waals surface area (Å²) in [6.07, 6.45) is 0.848. The first-order chi connectivity index (χ1) is 13.9. The molecule has 1 aliphatic rings. The lowest BCUT2D eigenvalue weighted by molar-refractivity contribution is 0.172. The highest BCUT2D eigenvalue weighted by molar-refractivity contribution is 7.89. The molecule has 29 heavy (non-hydrogen) atoms. The SMILES string of the molecule is CC(CCNC(=O)N1CCN(S(=O)(=O)c2ccc(Cl)cc2)CC1)c1ccccc1. The zero-order valence-electron chi connectivity index (χ0n) is 16.4. The lowest BCUT2D eigenvalue weighted by Crippen LogP contribution is -2.53. The van der Waals surface area contributed by atoms with Gasteiger partial charge in [-0.1, -0.05) is 48.9 Å². The largest absolute Gasteiger partial charge is 0.338 e. The molecule has 2 amide bonds. The van der Waals surface area contributed by atoms with Gasteiger partial charge in [0.15, 0.2) is 0 Å². The third-order valence-corrected chi connectivity index (χ3v) is 7.36. The van der Waals surface area contributed by atoms with Gasteiger partial charge in [0, 0.05) is 37.7 Å². The highest BCUT2D eigenvalue weighted by atomic mass is 35.5. The van der Waals surface area contributed by atoms with E-state index in [2.05, 4.69) is 24.4 Å². The van der Waals surface area contributed by atoms with Crippen LogP contribution in [-0.2, 0) is 10.0 Å². The number of carbonyl (C=O) groups excluding carboxylic acids is 1. The lowest BCUT2D eigenvalue weighted by Gasteiger charge is -2.34. The minimum atomic E-state index is -3.57. The van der Waals surface area contributed by atoms with E-state index in [9.17, 15) is 13.2 Å². The Labute approximate surface area is 177 Å². The van der Waals surface area contributed by atoms with Crippen LogP contribution >= 0.6 is 11.6 Å². The average Bonchev–Trinajstić information content (AvgIpc) is 2.74. The molecule has 0 saturated carbocycles. The molecule has 0 aromatic heterocycles. The monoisotopic (exact) mass is 435 g/mol. The van der Waals surface area contributed by atoms with Crippen molar-refractivity contribution >= 4 is 27.7 Å². The van der Waals surface area contributed by atoms with Crippen molar-refractivity contribution in [3.63, 3.8) is 0 Å². The first-order valence-corrected chi connectivity index (χ1v) is 11.5. The molecule has 1 N–H and O–H groups in total. The zero-order valence-corrected chi connectivity index (χ0v) is 18.0. The number of hydrogen-bond acceptors (Lipinski definition) is 3. The van der Waals surface area contributed by atoms with E-state index in [0.29, 0.717) is 30.6 Å². The van der Waals surface area contributed by atoms with Gasteiger partial charge in [0.05, 0.1) is 4.90 Å². The van der Waals surface area contributed by atoms with E-state index in [0.717, 1.165) is 6.42 Å². The molecule has 2 aromatic carbocycles. The molecule has 1 unspecified atom stereocenters. The number of piperazine rings is 1. The van der Waals surface area contributed by atoms with Gasteiger partial charge in [0.2, 0.25) is 10.0 Å². The van der Waals surface area contributed by atoms with Gasteiger partial charge >= 0.3 is 6.03 Å². The summed E-state index contributed by atoms with van der Waals surface area (Å²) in [6.45, 7) is 4.01. The summed E-state index contributed by atoms with van der Waals surface area (Å²) in [5, 5.41) is 3.44. The second-order valence-electron chi connectivity index (χ2n) is 7.18. The predicted octanol–water partition coefficient (Wildman–Crippen LogP) is 3.55. The predicted molar refractivity (Wildman–Crippen MR) is 115 cm³/mol. The van der Waals surface area contributed by atoms with Gasteiger partial charge in [-0.15, -0.1) is 0 Å². The Hall–Kier alpha value is -2.09. The smallest absolute Gasteiger partial charge is 0.317 e. The van der Waals surface area contributed by atoms with Crippen LogP contribution in [0.15, 0.2) is 59.5 Å². The maximum absolute atomic E-state index is 12.7. The van der Waals surface area contributed by atoms with Crippen LogP contribution in [0.3, 0.4) is 0 Å². The zero-order chi connectivity index (χ0) is 20.9. The molecule has 1 heterocycles. The normalized spacial score (nSPS) is 16.4. The van der Waals surface area contributed by atoms with Crippen LogP contribution < -0.4 is 5.32 Å². The number of rotatable bonds is 6. The highest BCUT2D eigenvalue weighted by Gasteiger charge is 2.30. The quantitative estimate of drug-likeness (QED) is 0.754. The second kappa shape index (κ2) is 9.61. The van der Waals surface area contributed by atoms with Gasteiger partial charge in [0.1, 0.15) is 0 Å². The number of benzene rings is 2.